The van der Waals surface area contributed by atoms with Crippen LogP contribution >= 0.6 is 0 Å². The van der Waals surface area contributed by atoms with Gasteiger partial charge in [0, 0.05) is 29.1 Å². The minimum atomic E-state index is -1.22. The Morgan fingerprint density at radius 1 is 1.00 bits per heavy atom. The molecule has 0 amide bonds. The molecule has 8 nitrogen and oxygen atoms in total. The van der Waals surface area contributed by atoms with Gasteiger partial charge < -0.3 is 24.8 Å². The highest BCUT2D eigenvalue weighted by molar-refractivity contribution is 6.14. The predicted molar refractivity (Wildman–Crippen MR) is 118 cm³/mol. The zero-order valence-corrected chi connectivity index (χ0v) is 17.0. The van der Waals surface area contributed by atoms with E-state index in [2.05, 4.69) is 15.0 Å². The van der Waals surface area contributed by atoms with Gasteiger partial charge in [0.15, 0.2) is 0 Å². The molecule has 0 aliphatic rings. The summed E-state index contributed by atoms with van der Waals surface area (Å²) in [5, 5.41) is 10.4. The third kappa shape index (κ3) is 3.31. The number of carboxylic acids is 1. The maximum absolute atomic E-state index is 12.6. The van der Waals surface area contributed by atoms with Gasteiger partial charge in [0.2, 0.25) is 0 Å². The number of aryl methyl sites for hydroxylation is 1. The molecule has 1 aromatic carbocycles. The SMILES string of the molecule is CCOc1c(CC)cc(-c2ccc[nH]c2=O)c2[nH]c(C(=O)O)c(-c3ccc[nH]c3=O)c12. The number of pyridine rings is 2. The minimum Gasteiger partial charge on any atom is -0.493 e. The molecular weight excluding hydrogens is 398 g/mol. The van der Waals surface area contributed by atoms with Crippen LogP contribution in [0.25, 0.3) is 33.2 Å². The van der Waals surface area contributed by atoms with Gasteiger partial charge in [-0.05, 0) is 49.2 Å². The maximum Gasteiger partial charge on any atom is 0.352 e. The van der Waals surface area contributed by atoms with Crippen LogP contribution in [0.4, 0.5) is 0 Å². The smallest absolute Gasteiger partial charge is 0.352 e. The van der Waals surface area contributed by atoms with E-state index in [0.29, 0.717) is 40.8 Å². The molecule has 0 unspecified atom stereocenters. The lowest BCUT2D eigenvalue weighted by Crippen LogP contribution is -2.10. The fourth-order valence-corrected chi connectivity index (χ4v) is 3.87. The Balaban J connectivity index is 2.26. The molecule has 0 aliphatic heterocycles. The van der Waals surface area contributed by atoms with Gasteiger partial charge in [-0.1, -0.05) is 6.92 Å². The number of benzene rings is 1. The van der Waals surface area contributed by atoms with Gasteiger partial charge in [-0.2, -0.15) is 0 Å². The van der Waals surface area contributed by atoms with Crippen LogP contribution in [0, 0.1) is 0 Å². The Labute approximate surface area is 176 Å². The number of aromatic carboxylic acids is 1. The van der Waals surface area contributed by atoms with E-state index in [0.717, 1.165) is 5.56 Å². The number of aromatic nitrogens is 3. The normalized spacial score (nSPS) is 11.0. The lowest BCUT2D eigenvalue weighted by atomic mass is 9.94. The van der Waals surface area contributed by atoms with E-state index in [9.17, 15) is 19.5 Å². The average molecular weight is 419 g/mol. The van der Waals surface area contributed by atoms with Crippen LogP contribution in [0.5, 0.6) is 5.75 Å². The molecule has 4 rings (SSSR count). The van der Waals surface area contributed by atoms with Gasteiger partial charge in [0.05, 0.1) is 23.1 Å². The van der Waals surface area contributed by atoms with Crippen LogP contribution in [0.2, 0.25) is 0 Å². The second-order valence-corrected chi connectivity index (χ2v) is 6.95. The summed E-state index contributed by atoms with van der Waals surface area (Å²) in [6, 6.07) is 8.41. The van der Waals surface area contributed by atoms with Crippen LogP contribution in [0.15, 0.2) is 52.3 Å². The van der Waals surface area contributed by atoms with Gasteiger partial charge in [-0.3, -0.25) is 9.59 Å². The molecule has 158 valence electrons. The van der Waals surface area contributed by atoms with Crippen LogP contribution in [0.1, 0.15) is 29.9 Å². The number of fused-ring (bicyclic) bond motifs is 1. The maximum atomic E-state index is 12.6. The van der Waals surface area contributed by atoms with Crippen molar-refractivity contribution in [2.45, 2.75) is 20.3 Å². The van der Waals surface area contributed by atoms with E-state index >= 15 is 0 Å². The summed E-state index contributed by atoms with van der Waals surface area (Å²) in [5.41, 5.74) is 1.72. The van der Waals surface area contributed by atoms with E-state index < -0.39 is 11.5 Å². The fraction of sp³-hybridized carbons (Fsp3) is 0.174. The van der Waals surface area contributed by atoms with Crippen molar-refractivity contribution in [1.82, 2.24) is 15.0 Å². The Kier molecular flexibility index (Phi) is 5.21. The topological polar surface area (TPSA) is 128 Å². The Bertz CT molecular complexity index is 1410. The molecule has 0 spiro atoms. The van der Waals surface area contributed by atoms with Crippen molar-refractivity contribution in [2.75, 3.05) is 6.61 Å². The van der Waals surface area contributed by atoms with Crippen LogP contribution < -0.4 is 15.9 Å². The van der Waals surface area contributed by atoms with Gasteiger partial charge in [-0.25, -0.2) is 4.79 Å². The highest BCUT2D eigenvalue weighted by Crippen LogP contribution is 2.43. The monoisotopic (exact) mass is 419 g/mol. The quantitative estimate of drug-likeness (QED) is 0.380. The lowest BCUT2D eigenvalue weighted by Gasteiger charge is -2.15. The summed E-state index contributed by atoms with van der Waals surface area (Å²) >= 11 is 0. The summed E-state index contributed by atoms with van der Waals surface area (Å²) in [4.78, 5) is 45.5. The van der Waals surface area contributed by atoms with Crippen LogP contribution in [-0.2, 0) is 6.42 Å². The van der Waals surface area contributed by atoms with E-state index in [4.69, 9.17) is 4.74 Å². The number of carboxylic acid groups (broad SMARTS) is 1. The summed E-state index contributed by atoms with van der Waals surface area (Å²) in [7, 11) is 0. The Hall–Kier alpha value is -4.07. The summed E-state index contributed by atoms with van der Waals surface area (Å²) in [5.74, 6) is -0.721. The minimum absolute atomic E-state index is 0.144. The molecule has 0 fully saturated rings. The van der Waals surface area contributed by atoms with Crippen molar-refractivity contribution < 1.29 is 14.6 Å². The lowest BCUT2D eigenvalue weighted by molar-refractivity contribution is 0.0692. The summed E-state index contributed by atoms with van der Waals surface area (Å²) < 4.78 is 5.95. The first kappa shape index (κ1) is 20.2. The fourth-order valence-electron chi connectivity index (χ4n) is 3.87. The average Bonchev–Trinajstić information content (AvgIpc) is 3.16. The number of hydrogen-bond donors (Lipinski definition) is 4. The first-order valence-corrected chi connectivity index (χ1v) is 9.91. The number of H-pyrrole nitrogens is 3. The van der Waals surface area contributed by atoms with Crippen molar-refractivity contribution in [1.29, 1.82) is 0 Å². The molecule has 0 aliphatic carbocycles. The highest BCUT2D eigenvalue weighted by atomic mass is 16.5. The van der Waals surface area contributed by atoms with Gasteiger partial charge in [-0.15, -0.1) is 0 Å². The van der Waals surface area contributed by atoms with E-state index in [1.54, 1.807) is 24.3 Å². The molecule has 31 heavy (non-hydrogen) atoms. The number of rotatable bonds is 6. The van der Waals surface area contributed by atoms with Crippen molar-refractivity contribution in [3.05, 3.63) is 74.7 Å². The third-order valence-electron chi connectivity index (χ3n) is 5.19. The Morgan fingerprint density at radius 2 is 1.65 bits per heavy atom. The van der Waals surface area contributed by atoms with Crippen molar-refractivity contribution in [3.8, 4) is 28.0 Å². The van der Waals surface area contributed by atoms with Gasteiger partial charge >= 0.3 is 5.97 Å². The first-order valence-electron chi connectivity index (χ1n) is 9.91. The molecule has 0 saturated carbocycles. The van der Waals surface area contributed by atoms with Crippen molar-refractivity contribution in [2.24, 2.45) is 0 Å². The number of ether oxygens (including phenoxy) is 1. The standard InChI is InChI=1S/C23H21N3O5/c1-3-12-11-15(13-7-5-9-24-21(13)27)18-17(20(12)31-4-2)16(19(26-18)23(29)30)14-8-6-10-25-22(14)28/h5-11,26H,3-4H2,1-2H3,(H,24,27)(H,25,28)(H,29,30). The zero-order chi connectivity index (χ0) is 22.1. The molecule has 8 heteroatoms. The molecule has 4 N–H and O–H groups in total. The summed E-state index contributed by atoms with van der Waals surface area (Å²) in [6.45, 7) is 4.13. The highest BCUT2D eigenvalue weighted by Gasteiger charge is 2.27. The second kappa shape index (κ2) is 7.98. The zero-order valence-electron chi connectivity index (χ0n) is 17.0. The summed E-state index contributed by atoms with van der Waals surface area (Å²) in [6.07, 6.45) is 3.60. The largest absolute Gasteiger partial charge is 0.493 e. The van der Waals surface area contributed by atoms with Crippen molar-refractivity contribution >= 4 is 16.9 Å². The van der Waals surface area contributed by atoms with Crippen LogP contribution in [-0.4, -0.2) is 32.6 Å². The molecule has 0 radical (unpaired) electrons. The van der Waals surface area contributed by atoms with E-state index in [1.165, 1.54) is 12.4 Å². The molecule has 0 atom stereocenters. The number of aromatic amines is 3. The molecule has 0 saturated heterocycles. The molecule has 4 aromatic rings. The third-order valence-corrected chi connectivity index (χ3v) is 5.19. The van der Waals surface area contributed by atoms with E-state index in [-0.39, 0.29) is 22.4 Å². The number of hydrogen-bond acceptors (Lipinski definition) is 4. The molecule has 3 aromatic heterocycles. The molecular formula is C23H21N3O5. The molecule has 3 heterocycles. The van der Waals surface area contributed by atoms with Gasteiger partial charge in [0.25, 0.3) is 11.1 Å². The second-order valence-electron chi connectivity index (χ2n) is 6.95. The Morgan fingerprint density at radius 3 is 2.19 bits per heavy atom. The van der Waals surface area contributed by atoms with Crippen LogP contribution in [0.3, 0.4) is 0 Å². The van der Waals surface area contributed by atoms with Gasteiger partial charge in [0.1, 0.15) is 11.4 Å². The molecule has 0 bridgehead atoms. The number of carbonyl (C=O) groups is 1. The first-order chi connectivity index (χ1) is 15.0. The number of nitrogens with one attached hydrogen (secondary N) is 3. The van der Waals surface area contributed by atoms with E-state index in [1.807, 2.05) is 19.9 Å². The van der Waals surface area contributed by atoms with Crippen molar-refractivity contribution in [3.63, 3.8) is 0 Å². The predicted octanol–water partition coefficient (Wildman–Crippen LogP) is 3.54.